The third-order valence-corrected chi connectivity index (χ3v) is 11.0. The summed E-state index contributed by atoms with van der Waals surface area (Å²) < 4.78 is 53.4. The zero-order chi connectivity index (χ0) is 33.0. The molecule has 8 nitrogen and oxygen atoms in total. The summed E-state index contributed by atoms with van der Waals surface area (Å²) in [6, 6.07) is 9.41. The average Bonchev–Trinajstić information content (AvgIpc) is 3.60. The number of alkyl halides is 1. The Balaban J connectivity index is 1.29. The number of hydrogen-bond donors (Lipinski definition) is 2. The van der Waals surface area contributed by atoms with E-state index in [9.17, 15) is 14.3 Å². The van der Waals surface area contributed by atoms with E-state index in [0.29, 0.717) is 71.5 Å². The molecule has 3 atom stereocenters. The van der Waals surface area contributed by atoms with E-state index in [2.05, 4.69) is 20.1 Å². The zero-order valence-electron chi connectivity index (χ0n) is 26.9. The number of aromatic nitrogens is 2. The molecule has 252 valence electrons. The number of nitrogens with zero attached hydrogens (tertiary/aromatic N) is 4. The summed E-state index contributed by atoms with van der Waals surface area (Å²) in [4.78, 5) is 26.6. The Kier molecular flexibility index (Phi) is 8.05. The van der Waals surface area contributed by atoms with Crippen LogP contribution in [-0.4, -0.2) is 76.9 Å². The summed E-state index contributed by atoms with van der Waals surface area (Å²) in [6.07, 6.45) is 4.90. The Hall–Kier alpha value is -4.12. The van der Waals surface area contributed by atoms with Gasteiger partial charge in [-0.1, -0.05) is 12.1 Å². The molecule has 5 aliphatic rings. The van der Waals surface area contributed by atoms with Crippen LogP contribution in [0, 0.1) is 17.6 Å². The maximum atomic E-state index is 17.0. The van der Waals surface area contributed by atoms with Gasteiger partial charge in [0.15, 0.2) is 5.82 Å². The summed E-state index contributed by atoms with van der Waals surface area (Å²) in [7, 11) is 0. The van der Waals surface area contributed by atoms with E-state index in [0.717, 1.165) is 45.2 Å². The lowest BCUT2D eigenvalue weighted by molar-refractivity contribution is -0.121. The second-order valence-electron chi connectivity index (χ2n) is 14.1. The lowest BCUT2D eigenvalue weighted by atomic mass is 9.90. The van der Waals surface area contributed by atoms with Gasteiger partial charge in [0.05, 0.1) is 5.54 Å². The first-order chi connectivity index (χ1) is 23.3. The van der Waals surface area contributed by atoms with Crippen LogP contribution in [0.2, 0.25) is 0 Å². The fourth-order valence-corrected chi connectivity index (χ4v) is 8.67. The number of phenolic OH excluding ortho intramolecular Hbond substituents is 1. The highest BCUT2D eigenvalue weighted by Gasteiger charge is 2.49. The molecule has 4 aromatic rings. The molecule has 6 heterocycles. The number of rotatable bonds is 3. The third-order valence-electron chi connectivity index (χ3n) is 11.0. The Morgan fingerprint density at radius 1 is 1.00 bits per heavy atom. The van der Waals surface area contributed by atoms with E-state index in [1.165, 1.54) is 18.2 Å². The van der Waals surface area contributed by atoms with Crippen molar-refractivity contribution in [2.75, 3.05) is 44.2 Å². The van der Waals surface area contributed by atoms with Crippen molar-refractivity contribution >= 4 is 33.4 Å². The fraction of sp³-hybridized carbons (Fsp3) is 0.486. The van der Waals surface area contributed by atoms with Crippen LogP contribution in [0.3, 0.4) is 0 Å². The molecule has 0 spiro atoms. The molecule has 2 unspecified atom stereocenters. The van der Waals surface area contributed by atoms with Crippen LogP contribution in [0.15, 0.2) is 36.4 Å². The van der Waals surface area contributed by atoms with Crippen molar-refractivity contribution in [2.24, 2.45) is 5.92 Å². The number of benzene rings is 3. The molecule has 2 N–H and O–H groups in total. The fourth-order valence-electron chi connectivity index (χ4n) is 8.67. The number of ether oxygens (including phenoxy) is 1. The molecule has 1 amide bonds. The number of amides is 1. The molecule has 0 saturated carbocycles. The number of phenols is 1. The highest BCUT2D eigenvalue weighted by Crippen LogP contribution is 2.43. The third kappa shape index (κ3) is 5.59. The summed E-state index contributed by atoms with van der Waals surface area (Å²) in [5.41, 5.74) is 0.522. The Morgan fingerprint density at radius 3 is 2.79 bits per heavy atom. The van der Waals surface area contributed by atoms with E-state index in [4.69, 9.17) is 9.72 Å². The Labute approximate surface area is 277 Å². The molecule has 48 heavy (non-hydrogen) atoms. The van der Waals surface area contributed by atoms with Crippen LogP contribution in [0.1, 0.15) is 56.9 Å². The molecule has 3 fully saturated rings. The number of aryl methyl sites for hydroxylation is 1. The van der Waals surface area contributed by atoms with E-state index in [1.54, 1.807) is 18.2 Å². The van der Waals surface area contributed by atoms with Crippen molar-refractivity contribution in [2.45, 2.75) is 69.5 Å². The lowest BCUT2D eigenvalue weighted by Crippen LogP contribution is -2.43. The van der Waals surface area contributed by atoms with Crippen LogP contribution < -0.4 is 15.0 Å². The highest BCUT2D eigenvalue weighted by atomic mass is 19.1. The normalized spacial score (nSPS) is 25.0. The molecule has 3 aromatic carbocycles. The quantitative estimate of drug-likeness (QED) is 0.261. The number of nitrogens with one attached hydrogen (secondary N) is 1. The van der Waals surface area contributed by atoms with Gasteiger partial charge >= 0.3 is 6.01 Å². The maximum Gasteiger partial charge on any atom is 0.319 e. The number of carbonyl (C=O) groups excluding carboxylic acids is 1. The molecule has 0 aliphatic carbocycles. The highest BCUT2D eigenvalue weighted by molar-refractivity contribution is 6.03. The first-order valence-electron chi connectivity index (χ1n) is 17.3. The molecule has 3 saturated heterocycles. The summed E-state index contributed by atoms with van der Waals surface area (Å²) in [5, 5.41) is 15.3. The predicted molar refractivity (Wildman–Crippen MR) is 178 cm³/mol. The Bertz CT molecular complexity index is 1910. The van der Waals surface area contributed by atoms with E-state index >= 15 is 8.78 Å². The molecule has 6 bridgehead atoms. The SMILES string of the molecule is O=C1CCCc2c(F)ccc3cc(O)cc(c23)-c2ccc3c(nc(OC[C@@]45CCCN4CC(F)C5)nc3c2F)N2CCCC(CCN1)C2. The second kappa shape index (κ2) is 12.4. The van der Waals surface area contributed by atoms with Gasteiger partial charge in [-0.3, -0.25) is 9.69 Å². The van der Waals surface area contributed by atoms with Crippen LogP contribution in [0.5, 0.6) is 11.8 Å². The van der Waals surface area contributed by atoms with Crippen molar-refractivity contribution in [1.82, 2.24) is 20.2 Å². The largest absolute Gasteiger partial charge is 0.508 e. The summed E-state index contributed by atoms with van der Waals surface area (Å²) in [5.74, 6) is -0.367. The molecule has 5 aliphatic heterocycles. The van der Waals surface area contributed by atoms with Gasteiger partial charge < -0.3 is 20.1 Å². The molecule has 1 aromatic heterocycles. The van der Waals surface area contributed by atoms with E-state index in [-0.39, 0.29) is 48.2 Å². The standard InChI is InChI=1S/C37H40F3N5O3/c38-24-18-37(12-3-15-45(37)20-24)21-48-36-42-34-28-9-8-26(33(34)40)29-17-25(46)16-23-7-10-30(39)27(32(23)29)5-1-6-31(47)41-13-11-22-4-2-14-44(19-22)35(28)43-36/h7-10,16-17,22,24,46H,1-6,11-15,18-21H2,(H,41,47)/t22?,24?,37-/m0/s1. The van der Waals surface area contributed by atoms with Gasteiger partial charge in [-0.25, -0.2) is 13.2 Å². The second-order valence-corrected chi connectivity index (χ2v) is 14.1. The summed E-state index contributed by atoms with van der Waals surface area (Å²) >= 11 is 0. The number of halogens is 3. The number of piperidine rings is 1. The van der Waals surface area contributed by atoms with Crippen LogP contribution in [-0.2, 0) is 11.2 Å². The van der Waals surface area contributed by atoms with Crippen LogP contribution >= 0.6 is 0 Å². The lowest BCUT2D eigenvalue weighted by Gasteiger charge is -2.34. The monoisotopic (exact) mass is 659 g/mol. The zero-order valence-corrected chi connectivity index (χ0v) is 26.9. The first kappa shape index (κ1) is 31.2. The number of hydrogen-bond acceptors (Lipinski definition) is 7. The van der Waals surface area contributed by atoms with Gasteiger partial charge in [-0.15, -0.1) is 0 Å². The van der Waals surface area contributed by atoms with Gasteiger partial charge in [-0.05, 0) is 104 Å². The van der Waals surface area contributed by atoms with Crippen molar-refractivity contribution in [3.8, 4) is 22.9 Å². The number of anilines is 1. The van der Waals surface area contributed by atoms with E-state index in [1.807, 2.05) is 0 Å². The van der Waals surface area contributed by atoms with Crippen LogP contribution in [0.4, 0.5) is 19.0 Å². The minimum absolute atomic E-state index is 0.0355. The van der Waals surface area contributed by atoms with Gasteiger partial charge in [0.25, 0.3) is 0 Å². The van der Waals surface area contributed by atoms with Gasteiger partial charge in [0.2, 0.25) is 5.91 Å². The van der Waals surface area contributed by atoms with Crippen molar-refractivity contribution in [3.63, 3.8) is 0 Å². The van der Waals surface area contributed by atoms with Crippen molar-refractivity contribution < 1.29 is 27.8 Å². The molecule has 9 rings (SSSR count). The predicted octanol–water partition coefficient (Wildman–Crippen LogP) is 6.45. The van der Waals surface area contributed by atoms with Gasteiger partial charge in [0.1, 0.15) is 35.7 Å². The molecule has 0 radical (unpaired) electrons. The van der Waals surface area contributed by atoms with E-state index < -0.39 is 23.3 Å². The topological polar surface area (TPSA) is 90.8 Å². The first-order valence-corrected chi connectivity index (χ1v) is 17.3. The van der Waals surface area contributed by atoms with Crippen molar-refractivity contribution in [3.05, 3.63) is 53.6 Å². The average molecular weight is 660 g/mol. The molecular weight excluding hydrogens is 619 g/mol. The molecule has 11 heteroatoms. The van der Waals surface area contributed by atoms with Crippen LogP contribution in [0.25, 0.3) is 32.8 Å². The number of carbonyl (C=O) groups is 1. The number of aromatic hydroxyl groups is 1. The molecular formula is C37H40F3N5O3. The summed E-state index contributed by atoms with van der Waals surface area (Å²) in [6.45, 7) is 3.36. The van der Waals surface area contributed by atoms with Gasteiger partial charge in [0, 0.05) is 50.0 Å². The minimum atomic E-state index is -0.913. The minimum Gasteiger partial charge on any atom is -0.508 e. The number of fused-ring (bicyclic) bond motifs is 8. The van der Waals surface area contributed by atoms with Crippen molar-refractivity contribution in [1.29, 1.82) is 0 Å². The maximum absolute atomic E-state index is 17.0. The van der Waals surface area contributed by atoms with Gasteiger partial charge in [-0.2, -0.15) is 9.97 Å². The smallest absolute Gasteiger partial charge is 0.319 e. The Morgan fingerprint density at radius 2 is 1.90 bits per heavy atom.